The summed E-state index contributed by atoms with van der Waals surface area (Å²) in [5.41, 5.74) is 1.52. The smallest absolute Gasteiger partial charge is 0.335 e. The van der Waals surface area contributed by atoms with Gasteiger partial charge in [-0.3, -0.25) is 9.59 Å². The predicted molar refractivity (Wildman–Crippen MR) is 117 cm³/mol. The van der Waals surface area contributed by atoms with Crippen LogP contribution in [0.4, 0.5) is 0 Å². The molecule has 1 aliphatic rings. The molecule has 1 saturated heterocycles. The topological polar surface area (TPSA) is 99.6 Å². The molecule has 8 heteroatoms. The van der Waals surface area contributed by atoms with E-state index in [1.54, 1.807) is 18.2 Å². The zero-order chi connectivity index (χ0) is 21.8. The zero-order valence-electron chi connectivity index (χ0n) is 16.7. The average Bonchev–Trinajstić information content (AvgIpc) is 3.30. The summed E-state index contributed by atoms with van der Waals surface area (Å²) in [5, 5.41) is 12.8. The Balaban J connectivity index is 1.34. The van der Waals surface area contributed by atoms with Gasteiger partial charge in [-0.05, 0) is 37.1 Å². The molecule has 3 aromatic rings. The fraction of sp³-hybridized carbons (Fsp3) is 0.217. The molecule has 0 atom stereocenters. The van der Waals surface area contributed by atoms with Crippen LogP contribution in [0.2, 0.25) is 0 Å². The van der Waals surface area contributed by atoms with Crippen LogP contribution in [0, 0.1) is 0 Å². The summed E-state index contributed by atoms with van der Waals surface area (Å²) in [6.07, 6.45) is 2.89. The molecule has 0 unspecified atom stereocenters. The molecule has 0 aliphatic carbocycles. The maximum atomic E-state index is 12.7. The third-order valence-electron chi connectivity index (χ3n) is 5.22. The highest BCUT2D eigenvalue weighted by Crippen LogP contribution is 2.26. The van der Waals surface area contributed by atoms with Gasteiger partial charge in [0.15, 0.2) is 0 Å². The number of thiazole rings is 1. The van der Waals surface area contributed by atoms with Gasteiger partial charge in [0.25, 0.3) is 11.8 Å². The molecule has 31 heavy (non-hydrogen) atoms. The van der Waals surface area contributed by atoms with Gasteiger partial charge in [-0.25, -0.2) is 9.78 Å². The van der Waals surface area contributed by atoms with Crippen LogP contribution in [0.15, 0.2) is 60.8 Å². The number of piperidine rings is 1. The van der Waals surface area contributed by atoms with Crippen LogP contribution in [0.1, 0.15) is 43.2 Å². The van der Waals surface area contributed by atoms with Gasteiger partial charge in [0.2, 0.25) is 0 Å². The Bertz CT molecular complexity index is 1100. The minimum Gasteiger partial charge on any atom is -0.478 e. The molecule has 4 rings (SSSR count). The minimum atomic E-state index is -1.01. The number of nitrogens with one attached hydrogen (secondary N) is 1. The van der Waals surface area contributed by atoms with E-state index < -0.39 is 5.97 Å². The number of aromatic nitrogens is 1. The Kier molecular flexibility index (Phi) is 6.08. The van der Waals surface area contributed by atoms with E-state index in [0.717, 1.165) is 0 Å². The Hall–Kier alpha value is -3.52. The lowest BCUT2D eigenvalue weighted by atomic mass is 10.0. The number of nitrogens with zero attached hydrogens (tertiary/aromatic N) is 2. The third-order valence-corrected chi connectivity index (χ3v) is 6.27. The highest BCUT2D eigenvalue weighted by molar-refractivity contribution is 7.16. The monoisotopic (exact) mass is 435 g/mol. The molecule has 1 fully saturated rings. The summed E-state index contributed by atoms with van der Waals surface area (Å²) < 4.78 is 0. The van der Waals surface area contributed by atoms with E-state index in [0.29, 0.717) is 46.9 Å². The molecule has 0 spiro atoms. The highest BCUT2D eigenvalue weighted by Gasteiger charge is 2.25. The molecule has 1 aliphatic heterocycles. The highest BCUT2D eigenvalue weighted by atomic mass is 32.1. The fourth-order valence-electron chi connectivity index (χ4n) is 3.54. The lowest BCUT2D eigenvalue weighted by Crippen LogP contribution is -2.46. The van der Waals surface area contributed by atoms with Crippen molar-refractivity contribution in [1.82, 2.24) is 15.2 Å². The Morgan fingerprint density at radius 2 is 1.71 bits per heavy atom. The zero-order valence-corrected chi connectivity index (χ0v) is 17.5. The molecule has 7 nitrogen and oxygen atoms in total. The van der Waals surface area contributed by atoms with E-state index in [-0.39, 0.29) is 23.4 Å². The summed E-state index contributed by atoms with van der Waals surface area (Å²) in [6, 6.07) is 15.7. The van der Waals surface area contributed by atoms with Crippen molar-refractivity contribution in [3.05, 3.63) is 76.8 Å². The molecule has 1 aromatic heterocycles. The lowest BCUT2D eigenvalue weighted by molar-refractivity contribution is 0.0686. The van der Waals surface area contributed by atoms with Gasteiger partial charge in [-0.1, -0.05) is 30.3 Å². The predicted octanol–water partition coefficient (Wildman–Crippen LogP) is 3.54. The molecule has 0 radical (unpaired) electrons. The van der Waals surface area contributed by atoms with Crippen molar-refractivity contribution >= 4 is 29.1 Å². The van der Waals surface area contributed by atoms with E-state index in [1.807, 2.05) is 35.2 Å². The SMILES string of the molecule is O=C(O)c1cccc(-c2ncc(C(=O)NC3CCN(C(=O)c4ccccc4)CC3)s2)c1. The summed E-state index contributed by atoms with van der Waals surface area (Å²) in [6.45, 7) is 1.18. The van der Waals surface area contributed by atoms with E-state index in [2.05, 4.69) is 10.3 Å². The number of carbonyl (C=O) groups is 3. The van der Waals surface area contributed by atoms with Crippen molar-refractivity contribution in [3.63, 3.8) is 0 Å². The summed E-state index contributed by atoms with van der Waals surface area (Å²) in [5.74, 6) is -1.19. The second-order valence-electron chi connectivity index (χ2n) is 7.32. The van der Waals surface area contributed by atoms with E-state index >= 15 is 0 Å². The van der Waals surface area contributed by atoms with Crippen LogP contribution in [-0.4, -0.2) is 51.9 Å². The third kappa shape index (κ3) is 4.80. The number of amides is 2. The summed E-state index contributed by atoms with van der Waals surface area (Å²) in [4.78, 5) is 42.9. The second kappa shape index (κ2) is 9.09. The number of carboxylic acids is 1. The van der Waals surface area contributed by atoms with E-state index in [4.69, 9.17) is 5.11 Å². The first-order valence-electron chi connectivity index (χ1n) is 9.96. The molecule has 0 saturated carbocycles. The minimum absolute atomic E-state index is 0.00629. The quantitative estimate of drug-likeness (QED) is 0.639. The Morgan fingerprint density at radius 3 is 2.42 bits per heavy atom. The van der Waals surface area contributed by atoms with Crippen LogP contribution >= 0.6 is 11.3 Å². The normalized spacial score (nSPS) is 14.3. The maximum absolute atomic E-state index is 12.7. The van der Waals surface area contributed by atoms with Crippen LogP contribution in [0.25, 0.3) is 10.6 Å². The van der Waals surface area contributed by atoms with Crippen LogP contribution in [0.5, 0.6) is 0 Å². The van der Waals surface area contributed by atoms with Crippen molar-refractivity contribution < 1.29 is 19.5 Å². The van der Waals surface area contributed by atoms with Crippen LogP contribution in [0.3, 0.4) is 0 Å². The number of hydrogen-bond donors (Lipinski definition) is 2. The lowest BCUT2D eigenvalue weighted by Gasteiger charge is -2.32. The Morgan fingerprint density at radius 1 is 1.00 bits per heavy atom. The standard InChI is InChI=1S/C23H21N3O4S/c27-20(19-14-24-21(31-19)16-7-4-8-17(13-16)23(29)30)25-18-9-11-26(12-10-18)22(28)15-5-2-1-3-6-15/h1-8,13-14,18H,9-12H2,(H,25,27)(H,29,30). The molecule has 2 aromatic carbocycles. The van der Waals surface area contributed by atoms with Gasteiger partial charge in [-0.2, -0.15) is 0 Å². The van der Waals surface area contributed by atoms with Gasteiger partial charge in [0.1, 0.15) is 9.88 Å². The van der Waals surface area contributed by atoms with Gasteiger partial charge in [0.05, 0.1) is 11.8 Å². The molecule has 2 N–H and O–H groups in total. The number of carboxylic acid groups (broad SMARTS) is 1. The number of benzene rings is 2. The van der Waals surface area contributed by atoms with Crippen molar-refractivity contribution in [2.24, 2.45) is 0 Å². The van der Waals surface area contributed by atoms with Gasteiger partial charge >= 0.3 is 5.97 Å². The summed E-state index contributed by atoms with van der Waals surface area (Å²) >= 11 is 1.23. The van der Waals surface area contributed by atoms with Gasteiger partial charge in [0, 0.05) is 30.3 Å². The molecule has 158 valence electrons. The van der Waals surface area contributed by atoms with Crippen LogP contribution < -0.4 is 5.32 Å². The maximum Gasteiger partial charge on any atom is 0.335 e. The number of rotatable bonds is 5. The Labute approximate surface area is 183 Å². The van der Waals surface area contributed by atoms with E-state index in [9.17, 15) is 14.4 Å². The van der Waals surface area contributed by atoms with Crippen molar-refractivity contribution in [1.29, 1.82) is 0 Å². The first kappa shape index (κ1) is 20.7. The molecule has 2 amide bonds. The summed E-state index contributed by atoms with van der Waals surface area (Å²) in [7, 11) is 0. The van der Waals surface area contributed by atoms with E-state index in [1.165, 1.54) is 23.6 Å². The average molecular weight is 436 g/mol. The van der Waals surface area contributed by atoms with Gasteiger partial charge < -0.3 is 15.3 Å². The first-order valence-corrected chi connectivity index (χ1v) is 10.8. The number of likely N-dealkylation sites (tertiary alicyclic amines) is 1. The molecule has 2 heterocycles. The number of aromatic carboxylic acids is 1. The van der Waals surface area contributed by atoms with Gasteiger partial charge in [-0.15, -0.1) is 11.3 Å². The molecular formula is C23H21N3O4S. The first-order chi connectivity index (χ1) is 15.0. The van der Waals surface area contributed by atoms with Crippen molar-refractivity contribution in [2.75, 3.05) is 13.1 Å². The largest absolute Gasteiger partial charge is 0.478 e. The molecular weight excluding hydrogens is 414 g/mol. The number of carbonyl (C=O) groups excluding carboxylic acids is 2. The number of hydrogen-bond acceptors (Lipinski definition) is 5. The second-order valence-corrected chi connectivity index (χ2v) is 8.35. The van der Waals surface area contributed by atoms with Crippen molar-refractivity contribution in [2.45, 2.75) is 18.9 Å². The fourth-order valence-corrected chi connectivity index (χ4v) is 4.36. The molecule has 0 bridgehead atoms. The van der Waals surface area contributed by atoms with Crippen molar-refractivity contribution in [3.8, 4) is 10.6 Å². The van der Waals surface area contributed by atoms with Crippen LogP contribution in [-0.2, 0) is 0 Å².